The SMILES string of the molecule is CO[Si](CCCn1c(=O)[nH]c(=O)[nH]c1=O)(OC)OC. The normalized spacial score (nSPS) is 11.7. The maximum atomic E-state index is 11.4. The monoisotopic (exact) mass is 291 g/mol. The van der Waals surface area contributed by atoms with Crippen LogP contribution in [-0.4, -0.2) is 44.7 Å². The summed E-state index contributed by atoms with van der Waals surface area (Å²) in [6.07, 6.45) is 0.441. The van der Waals surface area contributed by atoms with Crippen molar-refractivity contribution in [1.29, 1.82) is 0 Å². The van der Waals surface area contributed by atoms with Crippen LogP contribution < -0.4 is 17.1 Å². The van der Waals surface area contributed by atoms with Gasteiger partial charge in [0.05, 0.1) is 0 Å². The van der Waals surface area contributed by atoms with E-state index in [9.17, 15) is 14.4 Å². The second-order valence-electron chi connectivity index (χ2n) is 3.74. The van der Waals surface area contributed by atoms with Gasteiger partial charge in [0.2, 0.25) is 0 Å². The number of aromatic nitrogens is 3. The van der Waals surface area contributed by atoms with Crippen LogP contribution in [0.5, 0.6) is 0 Å². The van der Waals surface area contributed by atoms with Crippen molar-refractivity contribution in [3.05, 3.63) is 31.5 Å². The largest absolute Gasteiger partial charge is 0.500 e. The van der Waals surface area contributed by atoms with E-state index in [1.807, 2.05) is 9.97 Å². The van der Waals surface area contributed by atoms with Crippen molar-refractivity contribution in [3.8, 4) is 0 Å². The molecule has 0 spiro atoms. The van der Waals surface area contributed by atoms with E-state index in [2.05, 4.69) is 0 Å². The third kappa shape index (κ3) is 3.73. The lowest BCUT2D eigenvalue weighted by molar-refractivity contribution is 0.122. The van der Waals surface area contributed by atoms with Crippen LogP contribution >= 0.6 is 0 Å². The van der Waals surface area contributed by atoms with E-state index in [1.165, 1.54) is 21.3 Å². The Hall–Kier alpha value is -1.49. The van der Waals surface area contributed by atoms with Gasteiger partial charge < -0.3 is 13.3 Å². The molecule has 0 saturated heterocycles. The Balaban J connectivity index is 2.76. The van der Waals surface area contributed by atoms with Gasteiger partial charge in [-0.3, -0.25) is 9.97 Å². The Morgan fingerprint density at radius 2 is 1.47 bits per heavy atom. The van der Waals surface area contributed by atoms with Crippen LogP contribution in [0.2, 0.25) is 6.04 Å². The average molecular weight is 291 g/mol. The molecule has 1 aromatic heterocycles. The first-order valence-electron chi connectivity index (χ1n) is 5.57. The second kappa shape index (κ2) is 6.61. The molecule has 2 N–H and O–H groups in total. The topological polar surface area (TPSA) is 115 Å². The van der Waals surface area contributed by atoms with Crippen LogP contribution in [0.1, 0.15) is 6.42 Å². The second-order valence-corrected chi connectivity index (χ2v) is 6.83. The highest BCUT2D eigenvalue weighted by Crippen LogP contribution is 2.14. The van der Waals surface area contributed by atoms with Crippen molar-refractivity contribution in [2.45, 2.75) is 19.0 Å². The fraction of sp³-hybridized carbons (Fsp3) is 0.667. The summed E-state index contributed by atoms with van der Waals surface area (Å²) in [5, 5.41) is 0. The van der Waals surface area contributed by atoms with E-state index in [1.54, 1.807) is 0 Å². The maximum Gasteiger partial charge on any atom is 0.500 e. The third-order valence-corrected chi connectivity index (χ3v) is 5.56. The van der Waals surface area contributed by atoms with Crippen LogP contribution in [0.25, 0.3) is 0 Å². The van der Waals surface area contributed by atoms with Gasteiger partial charge in [0.15, 0.2) is 0 Å². The summed E-state index contributed by atoms with van der Waals surface area (Å²) in [6.45, 7) is 0.135. The summed E-state index contributed by atoms with van der Waals surface area (Å²) in [5.41, 5.74) is -2.30. The summed E-state index contributed by atoms with van der Waals surface area (Å²) in [5.74, 6) is 0. The number of aromatic amines is 2. The van der Waals surface area contributed by atoms with Crippen LogP contribution in [0.3, 0.4) is 0 Å². The van der Waals surface area contributed by atoms with Gasteiger partial charge in [0, 0.05) is 33.9 Å². The highest BCUT2D eigenvalue weighted by atomic mass is 28.4. The first-order valence-corrected chi connectivity index (χ1v) is 7.50. The minimum Gasteiger partial charge on any atom is -0.377 e. The molecule has 0 unspecified atom stereocenters. The van der Waals surface area contributed by atoms with Gasteiger partial charge in [-0.1, -0.05) is 0 Å². The molecule has 108 valence electrons. The lowest BCUT2D eigenvalue weighted by atomic mass is 10.5. The Morgan fingerprint density at radius 1 is 1.00 bits per heavy atom. The fourth-order valence-corrected chi connectivity index (χ4v) is 3.37. The Labute approximate surface area is 109 Å². The summed E-state index contributed by atoms with van der Waals surface area (Å²) >= 11 is 0. The number of H-pyrrole nitrogens is 2. The standard InChI is InChI=1S/C9H17N3O6Si/c1-16-19(17-2,18-3)6-4-5-12-8(14)10-7(13)11-9(12)15/h4-6H2,1-3H3,(H2,10,11,13,14,15). The van der Waals surface area contributed by atoms with E-state index >= 15 is 0 Å². The zero-order valence-electron chi connectivity index (χ0n) is 11.0. The number of nitrogens with one attached hydrogen (secondary N) is 2. The van der Waals surface area contributed by atoms with Gasteiger partial charge in [-0.15, -0.1) is 0 Å². The molecule has 1 heterocycles. The highest BCUT2D eigenvalue weighted by Gasteiger charge is 2.36. The van der Waals surface area contributed by atoms with Crippen molar-refractivity contribution in [2.75, 3.05) is 21.3 Å². The molecule has 0 saturated carbocycles. The van der Waals surface area contributed by atoms with Crippen LogP contribution in [-0.2, 0) is 19.8 Å². The molecule has 0 amide bonds. The molecule has 0 aliphatic carbocycles. The molecule has 0 fully saturated rings. The number of nitrogens with zero attached hydrogens (tertiary/aromatic N) is 1. The minimum atomic E-state index is -2.72. The van der Waals surface area contributed by atoms with E-state index in [0.29, 0.717) is 12.5 Å². The van der Waals surface area contributed by atoms with Gasteiger partial charge in [-0.2, -0.15) is 0 Å². The number of hydrogen-bond donors (Lipinski definition) is 2. The zero-order valence-corrected chi connectivity index (χ0v) is 12.0. The van der Waals surface area contributed by atoms with Crippen molar-refractivity contribution in [1.82, 2.24) is 14.5 Å². The van der Waals surface area contributed by atoms with Gasteiger partial charge >= 0.3 is 25.9 Å². The summed E-state index contributed by atoms with van der Waals surface area (Å²) in [4.78, 5) is 37.7. The smallest absolute Gasteiger partial charge is 0.377 e. The predicted octanol–water partition coefficient (Wildman–Crippen LogP) is -1.51. The van der Waals surface area contributed by atoms with E-state index in [0.717, 1.165) is 4.57 Å². The summed E-state index contributed by atoms with van der Waals surface area (Å²) < 4.78 is 16.6. The highest BCUT2D eigenvalue weighted by molar-refractivity contribution is 6.60. The van der Waals surface area contributed by atoms with Gasteiger partial charge in [-0.25, -0.2) is 19.0 Å². The molecule has 0 bridgehead atoms. The number of hydrogen-bond acceptors (Lipinski definition) is 6. The fourth-order valence-electron chi connectivity index (χ4n) is 1.67. The van der Waals surface area contributed by atoms with Crippen molar-refractivity contribution in [2.24, 2.45) is 0 Å². The average Bonchev–Trinajstić information content (AvgIpc) is 2.38. The molecule has 0 atom stereocenters. The molecule has 0 aromatic carbocycles. The lowest BCUT2D eigenvalue weighted by Gasteiger charge is -2.24. The summed E-state index contributed by atoms with van der Waals surface area (Å²) in [6, 6.07) is 0.446. The first kappa shape index (κ1) is 15.6. The molecule has 0 aliphatic heterocycles. The van der Waals surface area contributed by atoms with Crippen molar-refractivity contribution in [3.63, 3.8) is 0 Å². The molecule has 19 heavy (non-hydrogen) atoms. The third-order valence-electron chi connectivity index (χ3n) is 2.73. The van der Waals surface area contributed by atoms with E-state index in [-0.39, 0.29) is 6.54 Å². The molecule has 1 rings (SSSR count). The Morgan fingerprint density at radius 3 is 1.89 bits per heavy atom. The molecule has 9 nitrogen and oxygen atoms in total. The Bertz CT molecular complexity index is 530. The van der Waals surface area contributed by atoms with Crippen molar-refractivity contribution < 1.29 is 13.3 Å². The molecule has 0 radical (unpaired) electrons. The molecule has 1 aromatic rings. The summed E-state index contributed by atoms with van der Waals surface area (Å²) in [7, 11) is 1.74. The molecule has 10 heteroatoms. The Kier molecular flexibility index (Phi) is 5.41. The lowest BCUT2D eigenvalue weighted by Crippen LogP contribution is -2.45. The van der Waals surface area contributed by atoms with Crippen LogP contribution in [0, 0.1) is 0 Å². The zero-order chi connectivity index (χ0) is 14.5. The van der Waals surface area contributed by atoms with Crippen LogP contribution in [0.4, 0.5) is 0 Å². The molecular weight excluding hydrogens is 274 g/mol. The van der Waals surface area contributed by atoms with Crippen molar-refractivity contribution >= 4 is 8.80 Å². The van der Waals surface area contributed by atoms with E-state index in [4.69, 9.17) is 13.3 Å². The van der Waals surface area contributed by atoms with Gasteiger partial charge in [0.25, 0.3) is 0 Å². The molecule has 0 aliphatic rings. The van der Waals surface area contributed by atoms with Gasteiger partial charge in [0.1, 0.15) is 0 Å². The molecular formula is C9H17N3O6Si. The van der Waals surface area contributed by atoms with E-state index < -0.39 is 25.9 Å². The maximum absolute atomic E-state index is 11.4. The minimum absolute atomic E-state index is 0.135. The number of rotatable bonds is 7. The van der Waals surface area contributed by atoms with Gasteiger partial charge in [-0.05, 0) is 6.42 Å². The predicted molar refractivity (Wildman–Crippen MR) is 68.1 cm³/mol. The van der Waals surface area contributed by atoms with Crippen LogP contribution in [0.15, 0.2) is 14.4 Å². The first-order chi connectivity index (χ1) is 8.98. The quantitative estimate of drug-likeness (QED) is 0.590.